The molecule has 2 aromatic carbocycles. The number of halogens is 2. The predicted molar refractivity (Wildman–Crippen MR) is 185 cm³/mol. The Kier molecular flexibility index (Phi) is 11.5. The first-order valence-electron chi connectivity index (χ1n) is 16.1. The molecular weight excluding hydrogens is 702 g/mol. The summed E-state index contributed by atoms with van der Waals surface area (Å²) in [6, 6.07) is 14.3. The summed E-state index contributed by atoms with van der Waals surface area (Å²) in [5.74, 6) is -3.75. The van der Waals surface area contributed by atoms with E-state index in [0.29, 0.717) is 29.1 Å². The van der Waals surface area contributed by atoms with Crippen molar-refractivity contribution >= 4 is 56.9 Å². The van der Waals surface area contributed by atoms with Crippen LogP contribution in [0.5, 0.6) is 0 Å². The third-order valence-corrected chi connectivity index (χ3v) is 10.5. The number of ether oxygens (including phenoxy) is 2. The number of carbonyl (C=O) groups is 4. The van der Waals surface area contributed by atoms with Crippen LogP contribution in [0, 0.1) is 11.8 Å². The number of fused-ring (bicyclic) bond motifs is 1. The second kappa shape index (κ2) is 15.4. The van der Waals surface area contributed by atoms with E-state index < -0.39 is 59.5 Å². The molecule has 2 aromatic rings. The molecule has 48 heavy (non-hydrogen) atoms. The van der Waals surface area contributed by atoms with Crippen molar-refractivity contribution in [2.24, 2.45) is 11.8 Å². The molecule has 3 aliphatic heterocycles. The average Bonchev–Trinajstić information content (AvgIpc) is 3.67. The number of anilines is 1. The van der Waals surface area contributed by atoms with Crippen molar-refractivity contribution in [3.05, 3.63) is 90.5 Å². The van der Waals surface area contributed by atoms with Gasteiger partial charge in [-0.25, -0.2) is 0 Å². The van der Waals surface area contributed by atoms with Crippen LogP contribution in [0.3, 0.4) is 0 Å². The summed E-state index contributed by atoms with van der Waals surface area (Å²) in [5, 5.41) is 13.0. The number of likely N-dealkylation sites (tertiary alicyclic amines) is 1. The number of hydrogen-bond donors (Lipinski definition) is 2. The second-order valence-electron chi connectivity index (χ2n) is 12.4. The highest BCUT2D eigenvalue weighted by molar-refractivity contribution is 9.09. The Hall–Kier alpha value is -3.51. The molecule has 3 aliphatic rings. The molecular formula is C36H41BrClN3O7. The maximum atomic E-state index is 14.7. The van der Waals surface area contributed by atoms with Crippen LogP contribution >= 0.6 is 27.5 Å². The maximum absolute atomic E-state index is 14.7. The standard InChI is InChI=1S/C36H41BrClN3O7/c1-4-6-17-27(43)39-22(3)30(23-13-8-7-9-14-23)47-35(46)28-29-33(44)41(19-12-20-42)32(36(29)21-24(37)31(28)48-36)34(45)40(18-5-2)26-16-11-10-15-25(26)38/h4-5,7-11,13-16,22,24,28-32,42H,1-2,6,12,17-21H2,3H3,(H,39,43)/t22-,24?,28-,29+,30-,31-,32-,36+/m0/s1. The van der Waals surface area contributed by atoms with Crippen molar-refractivity contribution in [3.8, 4) is 0 Å². The van der Waals surface area contributed by atoms with Crippen molar-refractivity contribution in [2.75, 3.05) is 24.6 Å². The Bertz CT molecular complexity index is 1540. The van der Waals surface area contributed by atoms with Crippen LogP contribution in [0.25, 0.3) is 0 Å². The van der Waals surface area contributed by atoms with Crippen molar-refractivity contribution in [3.63, 3.8) is 0 Å². The zero-order chi connectivity index (χ0) is 34.6. The molecule has 0 radical (unpaired) electrons. The Morgan fingerprint density at radius 3 is 2.56 bits per heavy atom. The van der Waals surface area contributed by atoms with E-state index in [0.717, 1.165) is 0 Å². The molecule has 0 aromatic heterocycles. The average molecular weight is 743 g/mol. The lowest BCUT2D eigenvalue weighted by atomic mass is 9.70. The van der Waals surface area contributed by atoms with Gasteiger partial charge in [0.1, 0.15) is 17.7 Å². The number of aliphatic hydroxyl groups excluding tert-OH is 1. The minimum atomic E-state index is -1.35. The number of aliphatic hydroxyl groups is 1. The summed E-state index contributed by atoms with van der Waals surface area (Å²) in [6.07, 6.45) is 2.89. The van der Waals surface area contributed by atoms with E-state index >= 15 is 0 Å². The number of allylic oxidation sites excluding steroid dienone is 1. The van der Waals surface area contributed by atoms with E-state index in [1.807, 2.05) is 30.3 Å². The molecule has 12 heteroatoms. The van der Waals surface area contributed by atoms with E-state index in [2.05, 4.69) is 34.4 Å². The number of nitrogens with one attached hydrogen (secondary N) is 1. The molecule has 256 valence electrons. The molecule has 8 atom stereocenters. The lowest BCUT2D eigenvalue weighted by Crippen LogP contribution is -2.57. The first-order valence-corrected chi connectivity index (χ1v) is 17.4. The third-order valence-electron chi connectivity index (χ3n) is 9.36. The Balaban J connectivity index is 1.50. The zero-order valence-corrected chi connectivity index (χ0v) is 29.1. The highest BCUT2D eigenvalue weighted by Gasteiger charge is 2.77. The van der Waals surface area contributed by atoms with E-state index in [4.69, 9.17) is 21.1 Å². The molecule has 3 fully saturated rings. The number of alkyl halides is 1. The fourth-order valence-electron chi connectivity index (χ4n) is 7.35. The van der Waals surface area contributed by atoms with E-state index in [1.54, 1.807) is 43.3 Å². The zero-order valence-electron chi connectivity index (χ0n) is 26.8. The van der Waals surface area contributed by atoms with Crippen molar-refractivity contribution in [2.45, 2.75) is 67.3 Å². The molecule has 3 heterocycles. The van der Waals surface area contributed by atoms with Gasteiger partial charge >= 0.3 is 5.97 Å². The fourth-order valence-corrected chi connectivity index (χ4v) is 8.53. The van der Waals surface area contributed by atoms with Crippen molar-refractivity contribution in [1.29, 1.82) is 0 Å². The van der Waals surface area contributed by atoms with Crippen LogP contribution in [0.4, 0.5) is 5.69 Å². The summed E-state index contributed by atoms with van der Waals surface area (Å²) in [4.78, 5) is 58.6. The van der Waals surface area contributed by atoms with Gasteiger partial charge in [-0.2, -0.15) is 0 Å². The summed E-state index contributed by atoms with van der Waals surface area (Å²) in [5.41, 5.74) is -0.224. The molecule has 3 saturated heterocycles. The maximum Gasteiger partial charge on any atom is 0.313 e. The van der Waals surface area contributed by atoms with Gasteiger partial charge < -0.3 is 29.7 Å². The van der Waals surface area contributed by atoms with Crippen LogP contribution in [-0.2, 0) is 28.7 Å². The molecule has 0 aliphatic carbocycles. The van der Waals surface area contributed by atoms with Gasteiger partial charge in [0.25, 0.3) is 5.91 Å². The topological polar surface area (TPSA) is 125 Å². The Morgan fingerprint density at radius 2 is 1.90 bits per heavy atom. The summed E-state index contributed by atoms with van der Waals surface area (Å²) < 4.78 is 12.9. The van der Waals surface area contributed by atoms with Crippen LogP contribution in [0.1, 0.15) is 44.3 Å². The summed E-state index contributed by atoms with van der Waals surface area (Å²) >= 11 is 10.2. The fraction of sp³-hybridized carbons (Fsp3) is 0.444. The van der Waals surface area contributed by atoms with Gasteiger partial charge in [0.2, 0.25) is 11.8 Å². The lowest BCUT2D eigenvalue weighted by Gasteiger charge is -2.37. The van der Waals surface area contributed by atoms with Gasteiger partial charge in [0.05, 0.1) is 34.7 Å². The largest absolute Gasteiger partial charge is 0.455 e. The van der Waals surface area contributed by atoms with E-state index in [9.17, 15) is 24.3 Å². The molecule has 10 nitrogen and oxygen atoms in total. The van der Waals surface area contributed by atoms with Crippen molar-refractivity contribution in [1.82, 2.24) is 10.2 Å². The molecule has 0 saturated carbocycles. The van der Waals surface area contributed by atoms with Gasteiger partial charge in [-0.05, 0) is 43.9 Å². The molecule has 3 amide bonds. The number of esters is 1. The quantitative estimate of drug-likeness (QED) is 0.154. The smallest absolute Gasteiger partial charge is 0.313 e. The highest BCUT2D eigenvalue weighted by Crippen LogP contribution is 2.60. The Morgan fingerprint density at radius 1 is 1.19 bits per heavy atom. The first-order chi connectivity index (χ1) is 23.1. The third kappa shape index (κ3) is 6.70. The van der Waals surface area contributed by atoms with Crippen LogP contribution in [-0.4, -0.2) is 82.0 Å². The summed E-state index contributed by atoms with van der Waals surface area (Å²) in [7, 11) is 0. The molecule has 2 bridgehead atoms. The number of carbonyl (C=O) groups excluding carboxylic acids is 4. The van der Waals surface area contributed by atoms with Crippen LogP contribution in [0.2, 0.25) is 5.02 Å². The van der Waals surface area contributed by atoms with Crippen LogP contribution in [0.15, 0.2) is 79.9 Å². The van der Waals surface area contributed by atoms with Crippen LogP contribution < -0.4 is 10.2 Å². The predicted octanol–water partition coefficient (Wildman–Crippen LogP) is 4.74. The minimum absolute atomic E-state index is 0.0810. The van der Waals surface area contributed by atoms with Gasteiger partial charge in [0.15, 0.2) is 0 Å². The molecule has 1 unspecified atom stereocenters. The lowest BCUT2D eigenvalue weighted by molar-refractivity contribution is -0.162. The second-order valence-corrected chi connectivity index (χ2v) is 14.0. The number of hydrogen-bond acceptors (Lipinski definition) is 7. The normalized spacial score (nSPS) is 26.8. The first kappa shape index (κ1) is 35.8. The SMILES string of the molecule is C=CCCC(=O)N[C@@H](C)[C@H](OC(=O)[C@@H]1[C@H]2O[C@@]3(CC2Br)[C@H](C(=O)N(CC=C)c2ccccc2Cl)N(CCCO)C(=O)[C@@H]13)c1ccccc1. The number of rotatable bonds is 15. The van der Waals surface area contributed by atoms with Gasteiger partial charge in [-0.15, -0.1) is 13.2 Å². The van der Waals surface area contributed by atoms with Gasteiger partial charge in [0, 0.05) is 30.9 Å². The number of para-hydroxylation sites is 1. The van der Waals surface area contributed by atoms with Gasteiger partial charge in [-0.1, -0.05) is 82.1 Å². The monoisotopic (exact) mass is 741 g/mol. The molecule has 5 rings (SSSR count). The van der Waals surface area contributed by atoms with Gasteiger partial charge in [-0.3, -0.25) is 19.2 Å². The Labute approximate surface area is 294 Å². The summed E-state index contributed by atoms with van der Waals surface area (Å²) in [6.45, 7) is 9.25. The molecule has 1 spiro atoms. The number of amides is 3. The minimum Gasteiger partial charge on any atom is -0.455 e. The van der Waals surface area contributed by atoms with E-state index in [-0.39, 0.29) is 43.3 Å². The highest BCUT2D eigenvalue weighted by atomic mass is 79.9. The molecule has 2 N–H and O–H groups in total. The van der Waals surface area contributed by atoms with E-state index in [1.165, 1.54) is 9.80 Å². The number of benzene rings is 2. The van der Waals surface area contributed by atoms with Crippen molar-refractivity contribution < 1.29 is 33.8 Å². The number of nitrogens with zero attached hydrogens (tertiary/aromatic N) is 2.